The van der Waals surface area contributed by atoms with Crippen molar-refractivity contribution in [2.24, 2.45) is 0 Å². The molecule has 2 aliphatic rings. The summed E-state index contributed by atoms with van der Waals surface area (Å²) in [6.45, 7) is 7.83. The first-order valence-corrected chi connectivity index (χ1v) is 30.1. The van der Waals surface area contributed by atoms with Gasteiger partial charge in [0.15, 0.2) is 0 Å². The molecule has 90 heavy (non-hydrogen) atoms. The summed E-state index contributed by atoms with van der Waals surface area (Å²) >= 11 is 0. The summed E-state index contributed by atoms with van der Waals surface area (Å²) in [4.78, 5) is 2.35. The fourth-order valence-corrected chi connectivity index (χ4v) is 14.2. The Kier molecular flexibility index (Phi) is 13.0. The Hall–Kier alpha value is -11.6. The third kappa shape index (κ3) is 8.70. The number of hydrogen-bond acceptors (Lipinski definition) is 4. The van der Waals surface area contributed by atoms with Crippen LogP contribution in [0.15, 0.2) is 315 Å². The minimum atomic E-state index is -0.913. The van der Waals surface area contributed by atoms with Gasteiger partial charge in [-0.25, -0.2) is 8.78 Å². The summed E-state index contributed by atoms with van der Waals surface area (Å²) in [6, 6.07) is 100. The third-order valence-corrected chi connectivity index (χ3v) is 18.2. The van der Waals surface area contributed by atoms with E-state index >= 15 is 8.78 Å². The van der Waals surface area contributed by atoms with Crippen molar-refractivity contribution in [3.8, 4) is 56.4 Å². The van der Waals surface area contributed by atoms with E-state index in [9.17, 15) is 0 Å². The van der Waals surface area contributed by atoms with Gasteiger partial charge in [-0.05, 0) is 210 Å². The van der Waals surface area contributed by atoms with E-state index in [2.05, 4.69) is 176 Å². The van der Waals surface area contributed by atoms with Crippen molar-refractivity contribution in [2.75, 3.05) is 4.90 Å². The maximum absolute atomic E-state index is 15.3. The van der Waals surface area contributed by atoms with E-state index in [0.717, 1.165) is 128 Å². The zero-order valence-corrected chi connectivity index (χ0v) is 48.8. The van der Waals surface area contributed by atoms with Crippen molar-refractivity contribution < 1.29 is 22.7 Å². The topological polar surface area (TPSA) is 34.8 Å². The minimum absolute atomic E-state index is 0.318. The molecule has 13 aromatic carbocycles. The van der Waals surface area contributed by atoms with E-state index in [-0.39, 0.29) is 11.6 Å². The second-order valence-electron chi connectivity index (χ2n) is 23.0. The lowest BCUT2D eigenvalue weighted by Crippen LogP contribution is -2.29. The molecule has 2 atom stereocenters. The number of para-hydroxylation sites is 1. The Morgan fingerprint density at radius 3 is 1.18 bits per heavy atom. The van der Waals surface area contributed by atoms with Crippen molar-refractivity contribution in [1.82, 2.24) is 0 Å². The largest absolute Gasteiger partial charge is 0.457 e. The normalized spacial score (nSPS) is 15.2. The molecule has 0 amide bonds. The highest BCUT2D eigenvalue weighted by Crippen LogP contribution is 2.60. The molecule has 0 saturated heterocycles. The molecule has 2 unspecified atom stereocenters. The fourth-order valence-electron chi connectivity index (χ4n) is 14.2. The van der Waals surface area contributed by atoms with Crippen LogP contribution in [0.3, 0.4) is 0 Å². The lowest BCUT2D eigenvalue weighted by molar-refractivity contribution is 0.482. The second-order valence-corrected chi connectivity index (χ2v) is 23.0. The summed E-state index contributed by atoms with van der Waals surface area (Å²) < 4.78 is 50.0. The Morgan fingerprint density at radius 1 is 0.333 bits per heavy atom. The maximum Gasteiger partial charge on any atom is 0.136 e. The number of furan rings is 1. The van der Waals surface area contributed by atoms with Gasteiger partial charge in [0, 0.05) is 27.8 Å². The molecule has 0 saturated carbocycles. The predicted octanol–water partition coefficient (Wildman–Crippen LogP) is 22.6. The van der Waals surface area contributed by atoms with Crippen LogP contribution in [0.25, 0.3) is 67.5 Å². The van der Waals surface area contributed by atoms with Crippen molar-refractivity contribution in [2.45, 2.75) is 10.8 Å². The van der Waals surface area contributed by atoms with Gasteiger partial charge in [-0.2, -0.15) is 0 Å². The van der Waals surface area contributed by atoms with Crippen LogP contribution in [0, 0.1) is 11.6 Å². The van der Waals surface area contributed by atoms with Gasteiger partial charge < -0.3 is 18.8 Å². The molecule has 0 bridgehead atoms. The standard InChI is InChI=1S/C84H55F2NO3/c1-3-54-20-42-66(43-21-54)88-68-46-30-59(31-47-68)83(57-26-34-61(85)35-27-57)76-16-8-5-12-71(76)73-50-40-64(52-78(73)83)87(63-38-24-56(25-39-63)70-15-11-19-81-82(70)75-14-7-10-18-80(75)90-81)65-41-51-74-72-13-6-9-17-77(72)84(79(74)53-65,58-28-36-62(86)37-29-58)60-32-48-69(49-33-60)89-67-44-22-55(4-2)23-45-67/h3-53H,1-2H2. The zero-order valence-electron chi connectivity index (χ0n) is 48.8. The van der Waals surface area contributed by atoms with Gasteiger partial charge in [-0.1, -0.05) is 201 Å². The highest BCUT2D eigenvalue weighted by atomic mass is 19.1. The molecule has 0 aliphatic heterocycles. The molecule has 1 heterocycles. The van der Waals surface area contributed by atoms with Gasteiger partial charge in [0.1, 0.15) is 45.8 Å². The summed E-state index contributed by atoms with van der Waals surface area (Å²) in [5.41, 5.74) is 19.0. The van der Waals surface area contributed by atoms with Crippen LogP contribution in [-0.4, -0.2) is 0 Å². The van der Waals surface area contributed by atoms with Crippen LogP contribution in [0.4, 0.5) is 25.8 Å². The molecular formula is C84H55F2NO3. The molecule has 1 aromatic heterocycles. The average Bonchev–Trinajstić information content (AvgIpc) is 1.53. The average molecular weight is 1160 g/mol. The van der Waals surface area contributed by atoms with Gasteiger partial charge >= 0.3 is 0 Å². The molecule has 6 heteroatoms. The summed E-state index contributed by atoms with van der Waals surface area (Å²) in [5, 5.41) is 2.12. The Morgan fingerprint density at radius 2 is 0.711 bits per heavy atom. The number of rotatable bonds is 14. The van der Waals surface area contributed by atoms with E-state index in [1.165, 1.54) is 0 Å². The molecule has 16 rings (SSSR count). The molecule has 0 radical (unpaired) electrons. The predicted molar refractivity (Wildman–Crippen MR) is 362 cm³/mol. The molecule has 0 spiro atoms. The highest BCUT2D eigenvalue weighted by Gasteiger charge is 2.48. The first-order chi connectivity index (χ1) is 44.3. The van der Waals surface area contributed by atoms with Crippen LogP contribution in [0.2, 0.25) is 0 Å². The lowest BCUT2D eigenvalue weighted by atomic mass is 9.67. The quantitative estimate of drug-likeness (QED) is 0.109. The van der Waals surface area contributed by atoms with Gasteiger partial charge in [-0.3, -0.25) is 0 Å². The second kappa shape index (κ2) is 21.7. The maximum atomic E-state index is 15.3. The van der Waals surface area contributed by atoms with Crippen molar-refractivity contribution in [3.05, 3.63) is 378 Å². The van der Waals surface area contributed by atoms with Crippen LogP contribution >= 0.6 is 0 Å². The van der Waals surface area contributed by atoms with Gasteiger partial charge in [0.2, 0.25) is 0 Å². The number of ether oxygens (including phenoxy) is 2. The number of nitrogens with zero attached hydrogens (tertiary/aromatic N) is 1. The van der Waals surface area contributed by atoms with E-state index in [0.29, 0.717) is 23.0 Å². The smallest absolute Gasteiger partial charge is 0.136 e. The molecule has 14 aromatic rings. The van der Waals surface area contributed by atoms with Crippen molar-refractivity contribution in [1.29, 1.82) is 0 Å². The monoisotopic (exact) mass is 1160 g/mol. The number of benzene rings is 13. The molecule has 2 aliphatic carbocycles. The van der Waals surface area contributed by atoms with Crippen molar-refractivity contribution in [3.63, 3.8) is 0 Å². The molecule has 0 N–H and O–H groups in total. The van der Waals surface area contributed by atoms with Crippen LogP contribution in [0.1, 0.15) is 55.6 Å². The fraction of sp³-hybridized carbons (Fsp3) is 0.0238. The van der Waals surface area contributed by atoms with Crippen molar-refractivity contribution >= 4 is 51.2 Å². The minimum Gasteiger partial charge on any atom is -0.457 e. The Bertz CT molecular complexity index is 4850. The summed E-state index contributed by atoms with van der Waals surface area (Å²) in [7, 11) is 0. The van der Waals surface area contributed by atoms with E-state index < -0.39 is 10.8 Å². The van der Waals surface area contributed by atoms with Gasteiger partial charge in [-0.15, -0.1) is 0 Å². The molecular weight excluding hydrogens is 1110 g/mol. The number of fused-ring (bicyclic) bond motifs is 9. The molecule has 4 nitrogen and oxygen atoms in total. The van der Waals surface area contributed by atoms with Crippen LogP contribution in [-0.2, 0) is 10.8 Å². The Labute approximate surface area is 520 Å². The van der Waals surface area contributed by atoms with Crippen LogP contribution < -0.4 is 14.4 Å². The number of hydrogen-bond donors (Lipinski definition) is 0. The summed E-state index contributed by atoms with van der Waals surface area (Å²) in [6.07, 6.45) is 3.62. The highest BCUT2D eigenvalue weighted by molar-refractivity contribution is 6.12. The van der Waals surface area contributed by atoms with Crippen LogP contribution in [0.5, 0.6) is 23.0 Å². The SMILES string of the molecule is C=Cc1ccc(Oc2ccc(C3(c4ccc(F)cc4)c4ccccc4-c4ccc(N(c5ccc(-c6cccc7oc8ccccc8c67)cc5)c5ccc6c(c5)C(c5ccc(F)cc5)(c5ccc(Oc7ccc(C=C)cc7)cc5)c5ccccc5-6)cc43)cc2)cc1. The van der Waals surface area contributed by atoms with E-state index in [1.54, 1.807) is 24.3 Å². The first-order valence-electron chi connectivity index (χ1n) is 30.1. The van der Waals surface area contributed by atoms with E-state index in [4.69, 9.17) is 13.9 Å². The zero-order chi connectivity index (χ0) is 60.5. The summed E-state index contributed by atoms with van der Waals surface area (Å²) in [5.74, 6) is 2.15. The van der Waals surface area contributed by atoms with Gasteiger partial charge in [0.05, 0.1) is 10.8 Å². The number of anilines is 3. The lowest BCUT2D eigenvalue weighted by Gasteiger charge is -2.36. The Balaban J connectivity index is 0.905. The number of halogens is 2. The third-order valence-electron chi connectivity index (χ3n) is 18.2. The molecule has 428 valence electrons. The first kappa shape index (κ1) is 53.8. The van der Waals surface area contributed by atoms with Gasteiger partial charge in [0.25, 0.3) is 0 Å². The molecule has 0 fully saturated rings. The van der Waals surface area contributed by atoms with E-state index in [1.807, 2.05) is 127 Å².